The van der Waals surface area contributed by atoms with Crippen molar-refractivity contribution in [3.05, 3.63) is 35.9 Å². The summed E-state index contributed by atoms with van der Waals surface area (Å²) >= 11 is 0. The number of pyridine rings is 1. The van der Waals surface area contributed by atoms with Gasteiger partial charge in [-0.3, -0.25) is 0 Å². The van der Waals surface area contributed by atoms with E-state index in [1.807, 2.05) is 24.3 Å². The number of benzene rings is 1. The van der Waals surface area contributed by atoms with Gasteiger partial charge in [-0.2, -0.15) is 0 Å². The zero-order chi connectivity index (χ0) is 14.7. The molecule has 1 fully saturated rings. The van der Waals surface area contributed by atoms with Gasteiger partial charge in [-0.05, 0) is 25.0 Å². The summed E-state index contributed by atoms with van der Waals surface area (Å²) in [6.45, 7) is 1.93. The number of anilines is 1. The molecule has 1 aromatic carbocycles. The smallest absolute Gasteiger partial charge is 0.336 e. The van der Waals surface area contributed by atoms with Crippen LogP contribution in [-0.2, 0) is 0 Å². The Morgan fingerprint density at radius 1 is 1.05 bits per heavy atom. The predicted molar refractivity (Wildman–Crippen MR) is 84.0 cm³/mol. The van der Waals surface area contributed by atoms with Crippen LogP contribution in [0, 0.1) is 0 Å². The summed E-state index contributed by atoms with van der Waals surface area (Å²) in [4.78, 5) is 18.4. The number of para-hydroxylation sites is 1. The zero-order valence-electron chi connectivity index (χ0n) is 12.1. The van der Waals surface area contributed by atoms with Crippen LogP contribution < -0.4 is 4.90 Å². The third kappa shape index (κ3) is 2.99. The molecule has 1 saturated heterocycles. The van der Waals surface area contributed by atoms with Gasteiger partial charge < -0.3 is 10.0 Å². The maximum atomic E-state index is 11.5. The topological polar surface area (TPSA) is 53.4 Å². The van der Waals surface area contributed by atoms with E-state index < -0.39 is 5.97 Å². The summed E-state index contributed by atoms with van der Waals surface area (Å²) in [5, 5.41) is 10.2. The number of rotatable bonds is 2. The number of aromatic carboxylic acids is 1. The zero-order valence-corrected chi connectivity index (χ0v) is 12.1. The molecule has 0 saturated carbocycles. The molecule has 0 radical (unpaired) electrons. The number of carbonyl (C=O) groups is 1. The lowest BCUT2D eigenvalue weighted by Gasteiger charge is -2.26. The van der Waals surface area contributed by atoms with Crippen LogP contribution in [0.1, 0.15) is 42.5 Å². The molecule has 0 bridgehead atoms. The molecule has 0 aliphatic carbocycles. The van der Waals surface area contributed by atoms with Crippen molar-refractivity contribution in [2.45, 2.75) is 32.1 Å². The molecule has 2 aromatic rings. The van der Waals surface area contributed by atoms with Gasteiger partial charge in [-0.15, -0.1) is 0 Å². The van der Waals surface area contributed by atoms with Crippen LogP contribution in [0.25, 0.3) is 10.9 Å². The predicted octanol–water partition coefficient (Wildman–Crippen LogP) is 3.70. The number of carboxylic acid groups (broad SMARTS) is 1. The molecule has 1 aromatic heterocycles. The Kier molecular flexibility index (Phi) is 4.04. The minimum atomic E-state index is -0.887. The summed E-state index contributed by atoms with van der Waals surface area (Å²) in [5.74, 6) is -0.0881. The van der Waals surface area contributed by atoms with Crippen LogP contribution in [0.4, 0.5) is 5.82 Å². The Morgan fingerprint density at radius 3 is 2.43 bits per heavy atom. The molecule has 4 heteroatoms. The van der Waals surface area contributed by atoms with Gasteiger partial charge in [0.2, 0.25) is 0 Å². The molecular weight excluding hydrogens is 264 g/mol. The molecular formula is C17H20N2O2. The lowest BCUT2D eigenvalue weighted by Crippen LogP contribution is -2.28. The van der Waals surface area contributed by atoms with Crippen LogP contribution in [0.3, 0.4) is 0 Å². The Bertz CT molecular complexity index is 646. The van der Waals surface area contributed by atoms with E-state index >= 15 is 0 Å². The van der Waals surface area contributed by atoms with Crippen LogP contribution in [0.2, 0.25) is 0 Å². The van der Waals surface area contributed by atoms with Gasteiger partial charge in [-0.25, -0.2) is 9.78 Å². The molecule has 0 unspecified atom stereocenters. The fourth-order valence-corrected chi connectivity index (χ4v) is 2.98. The van der Waals surface area contributed by atoms with Crippen molar-refractivity contribution in [1.29, 1.82) is 0 Å². The highest BCUT2D eigenvalue weighted by Gasteiger charge is 2.16. The van der Waals surface area contributed by atoms with Crippen LogP contribution in [-0.4, -0.2) is 29.1 Å². The first-order chi connectivity index (χ1) is 10.3. The number of aromatic nitrogens is 1. The Labute approximate surface area is 124 Å². The minimum absolute atomic E-state index is 0.345. The van der Waals surface area contributed by atoms with Gasteiger partial charge in [0.15, 0.2) is 0 Å². The van der Waals surface area contributed by atoms with Gasteiger partial charge in [0.25, 0.3) is 0 Å². The second-order valence-corrected chi connectivity index (χ2v) is 5.61. The maximum Gasteiger partial charge on any atom is 0.336 e. The fraction of sp³-hybridized carbons (Fsp3) is 0.412. The quantitative estimate of drug-likeness (QED) is 0.913. The highest BCUT2D eigenvalue weighted by Crippen LogP contribution is 2.24. The van der Waals surface area contributed by atoms with E-state index in [0.29, 0.717) is 10.9 Å². The summed E-state index contributed by atoms with van der Waals surface area (Å²) in [5.41, 5.74) is 1.10. The third-order valence-electron chi connectivity index (χ3n) is 4.11. The molecule has 1 aliphatic rings. The van der Waals surface area contributed by atoms with Gasteiger partial charge >= 0.3 is 5.97 Å². The molecule has 0 atom stereocenters. The van der Waals surface area contributed by atoms with Crippen molar-refractivity contribution < 1.29 is 9.90 Å². The van der Waals surface area contributed by atoms with Crippen molar-refractivity contribution in [2.75, 3.05) is 18.0 Å². The first-order valence-corrected chi connectivity index (χ1v) is 7.64. The summed E-state index contributed by atoms with van der Waals surface area (Å²) in [7, 11) is 0. The molecule has 0 amide bonds. The fourth-order valence-electron chi connectivity index (χ4n) is 2.98. The molecule has 0 spiro atoms. The lowest BCUT2D eigenvalue weighted by molar-refractivity contribution is 0.0699. The van der Waals surface area contributed by atoms with Crippen molar-refractivity contribution >= 4 is 22.7 Å². The summed E-state index contributed by atoms with van der Waals surface area (Å²) < 4.78 is 0. The van der Waals surface area contributed by atoms with Crippen LogP contribution in [0.5, 0.6) is 0 Å². The van der Waals surface area contributed by atoms with E-state index in [-0.39, 0.29) is 0 Å². The van der Waals surface area contributed by atoms with Gasteiger partial charge in [-0.1, -0.05) is 37.5 Å². The Morgan fingerprint density at radius 2 is 1.71 bits per heavy atom. The highest BCUT2D eigenvalue weighted by atomic mass is 16.4. The molecule has 1 N–H and O–H groups in total. The van der Waals surface area contributed by atoms with E-state index in [2.05, 4.69) is 9.88 Å². The van der Waals surface area contributed by atoms with Gasteiger partial charge in [0.05, 0.1) is 11.1 Å². The van der Waals surface area contributed by atoms with Gasteiger partial charge in [0, 0.05) is 18.5 Å². The average Bonchev–Trinajstić information content (AvgIpc) is 2.45. The van der Waals surface area contributed by atoms with Crippen LogP contribution >= 0.6 is 0 Å². The van der Waals surface area contributed by atoms with Crippen molar-refractivity contribution in [3.8, 4) is 0 Å². The largest absolute Gasteiger partial charge is 0.478 e. The number of nitrogens with zero attached hydrogens (tertiary/aromatic N) is 2. The SMILES string of the molecule is O=C(O)c1cc(N2CCCCCCC2)nc2ccccc12. The van der Waals surface area contributed by atoms with E-state index in [1.165, 1.54) is 19.3 Å². The summed E-state index contributed by atoms with van der Waals surface area (Å²) in [6.07, 6.45) is 6.10. The van der Waals surface area contributed by atoms with Crippen molar-refractivity contribution in [1.82, 2.24) is 4.98 Å². The molecule has 4 nitrogen and oxygen atoms in total. The first-order valence-electron chi connectivity index (χ1n) is 7.64. The summed E-state index contributed by atoms with van der Waals surface area (Å²) in [6, 6.07) is 9.19. The number of hydrogen-bond acceptors (Lipinski definition) is 3. The molecule has 3 rings (SSSR count). The van der Waals surface area contributed by atoms with E-state index in [0.717, 1.165) is 37.3 Å². The van der Waals surface area contributed by atoms with E-state index in [1.54, 1.807) is 6.07 Å². The Balaban J connectivity index is 2.03. The molecule has 1 aliphatic heterocycles. The number of fused-ring (bicyclic) bond motifs is 1. The number of hydrogen-bond donors (Lipinski definition) is 1. The lowest BCUT2D eigenvalue weighted by atomic mass is 10.1. The van der Waals surface area contributed by atoms with Crippen molar-refractivity contribution in [2.24, 2.45) is 0 Å². The second-order valence-electron chi connectivity index (χ2n) is 5.61. The van der Waals surface area contributed by atoms with E-state index in [4.69, 9.17) is 0 Å². The molecule has 21 heavy (non-hydrogen) atoms. The van der Waals surface area contributed by atoms with Crippen LogP contribution in [0.15, 0.2) is 30.3 Å². The Hall–Kier alpha value is -2.10. The van der Waals surface area contributed by atoms with E-state index in [9.17, 15) is 9.90 Å². The maximum absolute atomic E-state index is 11.5. The second kappa shape index (κ2) is 6.12. The normalized spacial score (nSPS) is 16.5. The third-order valence-corrected chi connectivity index (χ3v) is 4.11. The first kappa shape index (κ1) is 13.9. The molecule has 110 valence electrons. The monoisotopic (exact) mass is 284 g/mol. The number of carboxylic acids is 1. The highest BCUT2D eigenvalue weighted by molar-refractivity contribution is 6.03. The standard InChI is InChI=1S/C17H20N2O2/c20-17(21)14-12-16(18-15-9-5-4-8-13(14)15)19-10-6-2-1-3-7-11-19/h4-5,8-9,12H,1-3,6-7,10-11H2,(H,20,21). The minimum Gasteiger partial charge on any atom is -0.478 e. The average molecular weight is 284 g/mol. The van der Waals surface area contributed by atoms with Crippen molar-refractivity contribution in [3.63, 3.8) is 0 Å². The molecule has 2 heterocycles. The van der Waals surface area contributed by atoms with Gasteiger partial charge in [0.1, 0.15) is 5.82 Å².